The van der Waals surface area contributed by atoms with E-state index in [2.05, 4.69) is 4.98 Å². The number of aromatic nitrogens is 1. The van der Waals surface area contributed by atoms with E-state index >= 15 is 0 Å². The number of para-hydroxylation sites is 1. The summed E-state index contributed by atoms with van der Waals surface area (Å²) in [5.41, 5.74) is 2.75. The van der Waals surface area contributed by atoms with E-state index in [1.165, 1.54) is 11.8 Å². The number of thioether (sulfide) groups is 1. The molecule has 0 saturated carbocycles. The number of hydrogen-bond acceptors (Lipinski definition) is 5. The van der Waals surface area contributed by atoms with E-state index in [-0.39, 0.29) is 11.8 Å². The van der Waals surface area contributed by atoms with Crippen LogP contribution in [-0.2, 0) is 4.79 Å². The molecule has 7 heteroatoms. The van der Waals surface area contributed by atoms with Gasteiger partial charge in [-0.25, -0.2) is 4.98 Å². The molecule has 1 fully saturated rings. The van der Waals surface area contributed by atoms with Crippen molar-refractivity contribution >= 4 is 45.1 Å². The molecule has 0 aliphatic carbocycles. The van der Waals surface area contributed by atoms with Crippen LogP contribution in [0.2, 0.25) is 0 Å². The van der Waals surface area contributed by atoms with Gasteiger partial charge in [-0.05, 0) is 31.2 Å². The van der Waals surface area contributed by atoms with Crippen molar-refractivity contribution in [3.8, 4) is 0 Å². The largest absolute Gasteiger partial charge is 0.322 e. The third-order valence-corrected chi connectivity index (χ3v) is 6.68. The highest BCUT2D eigenvalue weighted by Crippen LogP contribution is 2.29. The predicted molar refractivity (Wildman–Crippen MR) is 109 cm³/mol. The van der Waals surface area contributed by atoms with Gasteiger partial charge in [0.25, 0.3) is 5.91 Å². The molecule has 0 N–H and O–H groups in total. The minimum absolute atomic E-state index is 0.0240. The molecule has 0 radical (unpaired) electrons. The van der Waals surface area contributed by atoms with Crippen LogP contribution in [0.1, 0.15) is 15.9 Å². The number of nitrogens with zero attached hydrogens (tertiary/aromatic N) is 3. The lowest BCUT2D eigenvalue weighted by molar-refractivity contribution is -0.127. The quantitative estimate of drug-likeness (QED) is 0.631. The average molecular weight is 398 g/mol. The first kappa shape index (κ1) is 18.0. The molecule has 4 rings (SSSR count). The Bertz CT molecular complexity index is 951. The fraction of sp³-hybridized carbons (Fsp3) is 0.250. The van der Waals surface area contributed by atoms with Crippen LogP contribution in [0.5, 0.6) is 0 Å². The number of rotatable bonds is 4. The fourth-order valence-corrected chi connectivity index (χ4v) is 4.94. The second-order valence-electron chi connectivity index (χ2n) is 6.47. The van der Waals surface area contributed by atoms with Gasteiger partial charge >= 0.3 is 0 Å². The van der Waals surface area contributed by atoms with Gasteiger partial charge < -0.3 is 9.80 Å². The highest BCUT2D eigenvalue weighted by Gasteiger charge is 2.28. The molecule has 2 aromatic carbocycles. The molecule has 0 spiro atoms. The minimum atomic E-state index is -0.0240. The lowest BCUT2D eigenvalue weighted by atomic mass is 10.1. The normalized spacial score (nSPS) is 14.1. The van der Waals surface area contributed by atoms with Crippen LogP contribution in [0.4, 0.5) is 0 Å². The highest BCUT2D eigenvalue weighted by atomic mass is 32.2. The number of amides is 2. The van der Waals surface area contributed by atoms with Gasteiger partial charge in [-0.15, -0.1) is 11.3 Å². The van der Waals surface area contributed by atoms with Crippen molar-refractivity contribution < 1.29 is 9.59 Å². The van der Waals surface area contributed by atoms with Crippen molar-refractivity contribution in [3.05, 3.63) is 59.7 Å². The molecule has 2 heterocycles. The van der Waals surface area contributed by atoms with Crippen LogP contribution in [0.25, 0.3) is 10.2 Å². The van der Waals surface area contributed by atoms with Crippen molar-refractivity contribution in [2.75, 3.05) is 25.5 Å². The molecule has 1 aromatic heterocycles. The van der Waals surface area contributed by atoms with Crippen LogP contribution in [0, 0.1) is 6.92 Å². The first-order valence-electron chi connectivity index (χ1n) is 8.72. The molecule has 27 heavy (non-hydrogen) atoms. The van der Waals surface area contributed by atoms with E-state index in [0.29, 0.717) is 31.1 Å². The average Bonchev–Trinajstić information content (AvgIpc) is 3.33. The summed E-state index contributed by atoms with van der Waals surface area (Å²) in [6.07, 6.45) is 0. The number of carbonyl (C=O) groups excluding carboxylic acids is 2. The van der Waals surface area contributed by atoms with Gasteiger partial charge in [0.05, 0.1) is 22.6 Å². The molecular formula is C20H19N3O2S2. The third kappa shape index (κ3) is 3.99. The monoisotopic (exact) mass is 397 g/mol. The maximum atomic E-state index is 12.6. The maximum Gasteiger partial charge on any atom is 0.255 e. The molecular weight excluding hydrogens is 378 g/mol. The highest BCUT2D eigenvalue weighted by molar-refractivity contribution is 8.01. The zero-order chi connectivity index (χ0) is 18.8. The number of benzene rings is 2. The Morgan fingerprint density at radius 3 is 2.59 bits per heavy atom. The standard InChI is InChI=1S/C20H19N3O2S2/c1-14-6-8-15(9-7-14)19(25)23-11-10-22(13-23)18(24)12-26-20-21-16-4-2-3-5-17(16)27-20/h2-9H,10-13H2,1H3. The summed E-state index contributed by atoms with van der Waals surface area (Å²) in [7, 11) is 0. The van der Waals surface area contributed by atoms with E-state index in [4.69, 9.17) is 0 Å². The zero-order valence-electron chi connectivity index (χ0n) is 14.9. The molecule has 0 atom stereocenters. The van der Waals surface area contributed by atoms with Gasteiger partial charge in [0.15, 0.2) is 4.34 Å². The predicted octanol–water partition coefficient (Wildman–Crippen LogP) is 3.64. The van der Waals surface area contributed by atoms with Gasteiger partial charge in [-0.3, -0.25) is 9.59 Å². The van der Waals surface area contributed by atoms with Gasteiger partial charge in [-0.2, -0.15) is 0 Å². The molecule has 0 bridgehead atoms. The van der Waals surface area contributed by atoms with Gasteiger partial charge in [-0.1, -0.05) is 41.6 Å². The third-order valence-electron chi connectivity index (χ3n) is 4.51. The molecule has 3 aromatic rings. The lowest BCUT2D eigenvalue weighted by Gasteiger charge is -2.18. The van der Waals surface area contributed by atoms with Gasteiger partial charge in [0.2, 0.25) is 5.91 Å². The smallest absolute Gasteiger partial charge is 0.255 e. The molecule has 0 unspecified atom stereocenters. The van der Waals surface area contributed by atoms with E-state index in [1.807, 2.05) is 55.5 Å². The number of aryl methyl sites for hydroxylation is 1. The Balaban J connectivity index is 1.33. The summed E-state index contributed by atoms with van der Waals surface area (Å²) < 4.78 is 2.03. The molecule has 138 valence electrons. The second-order valence-corrected chi connectivity index (χ2v) is 8.72. The summed E-state index contributed by atoms with van der Waals surface area (Å²) in [4.78, 5) is 33.1. The maximum absolute atomic E-state index is 12.6. The number of fused-ring (bicyclic) bond motifs is 1. The molecule has 1 aliphatic heterocycles. The summed E-state index contributed by atoms with van der Waals surface area (Å²) >= 11 is 3.06. The molecule has 1 saturated heterocycles. The Hall–Kier alpha value is -2.38. The molecule has 5 nitrogen and oxygen atoms in total. The van der Waals surface area contributed by atoms with Gasteiger partial charge in [0.1, 0.15) is 0 Å². The Morgan fingerprint density at radius 1 is 1.07 bits per heavy atom. The number of hydrogen-bond donors (Lipinski definition) is 0. The minimum Gasteiger partial charge on any atom is -0.322 e. The lowest BCUT2D eigenvalue weighted by Crippen LogP contribution is -2.34. The summed E-state index contributed by atoms with van der Waals surface area (Å²) in [6, 6.07) is 15.5. The van der Waals surface area contributed by atoms with E-state index in [9.17, 15) is 9.59 Å². The van der Waals surface area contributed by atoms with E-state index < -0.39 is 0 Å². The summed E-state index contributed by atoms with van der Waals surface area (Å²) in [5.74, 6) is 0.356. The summed E-state index contributed by atoms with van der Waals surface area (Å²) in [6.45, 7) is 3.50. The number of carbonyl (C=O) groups is 2. The van der Waals surface area contributed by atoms with E-state index in [0.717, 1.165) is 20.1 Å². The van der Waals surface area contributed by atoms with Crippen molar-refractivity contribution in [1.82, 2.24) is 14.8 Å². The van der Waals surface area contributed by atoms with Crippen molar-refractivity contribution in [2.24, 2.45) is 0 Å². The first-order chi connectivity index (χ1) is 13.1. The molecule has 2 amide bonds. The van der Waals surface area contributed by atoms with Crippen LogP contribution >= 0.6 is 23.1 Å². The Morgan fingerprint density at radius 2 is 1.81 bits per heavy atom. The molecule has 1 aliphatic rings. The summed E-state index contributed by atoms with van der Waals surface area (Å²) in [5, 5.41) is 0. The van der Waals surface area contributed by atoms with Gasteiger partial charge in [0, 0.05) is 18.7 Å². The second kappa shape index (κ2) is 7.70. The zero-order valence-corrected chi connectivity index (χ0v) is 16.6. The number of thiazole rings is 1. The van der Waals surface area contributed by atoms with Crippen molar-refractivity contribution in [1.29, 1.82) is 0 Å². The SMILES string of the molecule is Cc1ccc(C(=O)N2CCN(C(=O)CSc3nc4ccccc4s3)C2)cc1. The van der Waals surface area contributed by atoms with E-state index in [1.54, 1.807) is 21.1 Å². The van der Waals surface area contributed by atoms with Crippen molar-refractivity contribution in [3.63, 3.8) is 0 Å². The topological polar surface area (TPSA) is 53.5 Å². The van der Waals surface area contributed by atoms with Crippen molar-refractivity contribution in [2.45, 2.75) is 11.3 Å². The first-order valence-corrected chi connectivity index (χ1v) is 10.5. The van der Waals surface area contributed by atoms with Crippen LogP contribution in [0.3, 0.4) is 0 Å². The van der Waals surface area contributed by atoms with Crippen LogP contribution < -0.4 is 0 Å². The Kier molecular flexibility index (Phi) is 5.13. The fourth-order valence-electron chi connectivity index (χ4n) is 2.96. The Labute approximate surface area is 166 Å². The van der Waals surface area contributed by atoms with Crippen LogP contribution in [0.15, 0.2) is 52.9 Å². The van der Waals surface area contributed by atoms with Crippen LogP contribution in [-0.4, -0.2) is 52.1 Å².